The van der Waals surface area contributed by atoms with Gasteiger partial charge in [0.05, 0.1) is 0 Å². The van der Waals surface area contributed by atoms with Crippen LogP contribution in [0.3, 0.4) is 0 Å². The minimum Gasteiger partial charge on any atom is -0.247 e. The standard InChI is InChI=1S/C12H13FOS/c1-3-4-5-12(13)15(14)11-8-6-10(2)7-9-11/h3-9H,1-2H3/b4-3+,12-5+/t15-/m0/s1. The maximum Gasteiger partial charge on any atom is 0.191 e. The Kier molecular flexibility index (Phi) is 4.43. The van der Waals surface area contributed by atoms with Crippen molar-refractivity contribution in [3.8, 4) is 0 Å². The highest BCUT2D eigenvalue weighted by molar-refractivity contribution is 7.88. The second-order valence-electron chi connectivity index (χ2n) is 3.08. The molecule has 1 atom stereocenters. The van der Waals surface area contributed by atoms with Gasteiger partial charge < -0.3 is 0 Å². The van der Waals surface area contributed by atoms with E-state index in [1.165, 1.54) is 12.2 Å². The Morgan fingerprint density at radius 1 is 1.33 bits per heavy atom. The third kappa shape index (κ3) is 3.44. The number of hydrogen-bond donors (Lipinski definition) is 0. The predicted molar refractivity (Wildman–Crippen MR) is 61.6 cm³/mol. The Labute approximate surface area is 91.8 Å². The molecule has 0 saturated carbocycles. The summed E-state index contributed by atoms with van der Waals surface area (Å²) in [4.78, 5) is 0.485. The van der Waals surface area contributed by atoms with Crippen LogP contribution in [0.2, 0.25) is 0 Å². The molecule has 0 fully saturated rings. The molecule has 0 N–H and O–H groups in total. The van der Waals surface area contributed by atoms with Crippen LogP contribution in [0.25, 0.3) is 0 Å². The molecule has 0 aliphatic rings. The monoisotopic (exact) mass is 224 g/mol. The van der Waals surface area contributed by atoms with E-state index in [0.29, 0.717) is 4.90 Å². The fourth-order valence-electron chi connectivity index (χ4n) is 1.01. The van der Waals surface area contributed by atoms with Gasteiger partial charge in [-0.25, -0.2) is 4.21 Å². The van der Waals surface area contributed by atoms with Crippen LogP contribution in [0.1, 0.15) is 12.5 Å². The van der Waals surface area contributed by atoms with E-state index in [1.807, 2.05) is 19.1 Å². The third-order valence-electron chi connectivity index (χ3n) is 1.83. The Morgan fingerprint density at radius 3 is 2.47 bits per heavy atom. The molecule has 0 aliphatic carbocycles. The lowest BCUT2D eigenvalue weighted by Gasteiger charge is -1.99. The van der Waals surface area contributed by atoms with Crippen LogP contribution in [0.5, 0.6) is 0 Å². The summed E-state index contributed by atoms with van der Waals surface area (Å²) in [6, 6.07) is 6.98. The predicted octanol–water partition coefficient (Wildman–Crippen LogP) is 3.49. The van der Waals surface area contributed by atoms with Gasteiger partial charge in [0, 0.05) is 4.90 Å². The number of halogens is 1. The Balaban J connectivity index is 2.90. The van der Waals surface area contributed by atoms with Gasteiger partial charge in [-0.15, -0.1) is 0 Å². The van der Waals surface area contributed by atoms with E-state index in [-0.39, 0.29) is 0 Å². The van der Waals surface area contributed by atoms with Gasteiger partial charge in [0.15, 0.2) is 5.16 Å². The number of allylic oxidation sites excluding steroid dienone is 3. The molecule has 0 saturated heterocycles. The summed E-state index contributed by atoms with van der Waals surface area (Å²) in [5.74, 6) is 0. The molecule has 1 aromatic rings. The summed E-state index contributed by atoms with van der Waals surface area (Å²) in [7, 11) is -1.69. The fraction of sp³-hybridized carbons (Fsp3) is 0.167. The number of rotatable bonds is 3. The van der Waals surface area contributed by atoms with Crippen molar-refractivity contribution in [2.24, 2.45) is 0 Å². The van der Waals surface area contributed by atoms with Crippen LogP contribution >= 0.6 is 0 Å². The van der Waals surface area contributed by atoms with Gasteiger partial charge in [-0.2, -0.15) is 4.39 Å². The van der Waals surface area contributed by atoms with E-state index < -0.39 is 16.0 Å². The first-order valence-corrected chi connectivity index (χ1v) is 5.77. The molecule has 0 heterocycles. The van der Waals surface area contributed by atoms with Crippen molar-refractivity contribution in [3.05, 3.63) is 53.2 Å². The summed E-state index contributed by atoms with van der Waals surface area (Å²) in [6.45, 7) is 3.71. The van der Waals surface area contributed by atoms with Crippen LogP contribution < -0.4 is 0 Å². The van der Waals surface area contributed by atoms with Crippen molar-refractivity contribution in [1.82, 2.24) is 0 Å². The van der Waals surface area contributed by atoms with E-state index in [4.69, 9.17) is 0 Å². The average molecular weight is 224 g/mol. The van der Waals surface area contributed by atoms with Crippen molar-refractivity contribution >= 4 is 10.8 Å². The first-order chi connectivity index (χ1) is 7.15. The average Bonchev–Trinajstić information content (AvgIpc) is 2.26. The molecule has 80 valence electrons. The minimum atomic E-state index is -1.69. The molecule has 0 unspecified atom stereocenters. The summed E-state index contributed by atoms with van der Waals surface area (Å²) in [5.41, 5.74) is 1.06. The first-order valence-electron chi connectivity index (χ1n) is 4.62. The van der Waals surface area contributed by atoms with E-state index in [0.717, 1.165) is 5.56 Å². The number of aryl methyl sites for hydroxylation is 1. The van der Waals surface area contributed by atoms with Gasteiger partial charge >= 0.3 is 0 Å². The van der Waals surface area contributed by atoms with Gasteiger partial charge in [0.2, 0.25) is 0 Å². The van der Waals surface area contributed by atoms with Crippen molar-refractivity contribution < 1.29 is 8.60 Å². The maximum absolute atomic E-state index is 13.3. The molecule has 1 nitrogen and oxygen atoms in total. The molecule has 1 aromatic carbocycles. The largest absolute Gasteiger partial charge is 0.247 e. The van der Waals surface area contributed by atoms with Crippen LogP contribution in [0.15, 0.2) is 52.5 Å². The molecule has 0 aliphatic heterocycles. The fourth-order valence-corrected chi connectivity index (χ4v) is 1.82. The van der Waals surface area contributed by atoms with E-state index in [9.17, 15) is 8.60 Å². The summed E-state index contributed by atoms with van der Waals surface area (Å²) in [5, 5.41) is -0.628. The molecule has 0 spiro atoms. The Hall–Kier alpha value is -1.22. The molecule has 1 rings (SSSR count). The third-order valence-corrected chi connectivity index (χ3v) is 3.02. The molecular formula is C12H13FOS. The van der Waals surface area contributed by atoms with Gasteiger partial charge in [0.1, 0.15) is 10.8 Å². The molecule has 15 heavy (non-hydrogen) atoms. The lowest BCUT2D eigenvalue weighted by molar-refractivity contribution is 0.650. The molecule has 0 radical (unpaired) electrons. The second kappa shape index (κ2) is 5.61. The molecule has 0 amide bonds. The zero-order valence-corrected chi connectivity index (χ0v) is 9.55. The highest BCUT2D eigenvalue weighted by atomic mass is 32.2. The summed E-state index contributed by atoms with van der Waals surface area (Å²) < 4.78 is 24.9. The lowest BCUT2D eigenvalue weighted by Crippen LogP contribution is -1.91. The van der Waals surface area contributed by atoms with E-state index in [2.05, 4.69) is 0 Å². The topological polar surface area (TPSA) is 17.1 Å². The van der Waals surface area contributed by atoms with Crippen molar-refractivity contribution in [2.45, 2.75) is 18.7 Å². The molecular weight excluding hydrogens is 211 g/mol. The number of benzene rings is 1. The number of hydrogen-bond acceptors (Lipinski definition) is 1. The zero-order valence-electron chi connectivity index (χ0n) is 8.74. The van der Waals surface area contributed by atoms with Gasteiger partial charge in [-0.3, -0.25) is 0 Å². The van der Waals surface area contributed by atoms with Crippen LogP contribution in [-0.2, 0) is 10.8 Å². The zero-order chi connectivity index (χ0) is 11.3. The molecule has 0 aromatic heterocycles. The smallest absolute Gasteiger partial charge is 0.191 e. The molecule has 0 bridgehead atoms. The maximum atomic E-state index is 13.3. The minimum absolute atomic E-state index is 0.485. The van der Waals surface area contributed by atoms with Crippen LogP contribution in [0, 0.1) is 6.92 Å². The quantitative estimate of drug-likeness (QED) is 0.718. The summed E-state index contributed by atoms with van der Waals surface area (Å²) >= 11 is 0. The highest BCUT2D eigenvalue weighted by Crippen LogP contribution is 2.16. The Bertz CT molecular complexity index is 404. The molecule has 3 heteroatoms. The van der Waals surface area contributed by atoms with E-state index >= 15 is 0 Å². The highest BCUT2D eigenvalue weighted by Gasteiger charge is 2.08. The van der Waals surface area contributed by atoms with Crippen LogP contribution in [0.4, 0.5) is 4.39 Å². The first kappa shape index (κ1) is 11.9. The van der Waals surface area contributed by atoms with Gasteiger partial charge in [-0.05, 0) is 32.1 Å². The van der Waals surface area contributed by atoms with Crippen molar-refractivity contribution in [1.29, 1.82) is 0 Å². The lowest BCUT2D eigenvalue weighted by atomic mass is 10.2. The Morgan fingerprint density at radius 2 is 1.93 bits per heavy atom. The van der Waals surface area contributed by atoms with Crippen molar-refractivity contribution in [3.63, 3.8) is 0 Å². The SMILES string of the molecule is C/C=C/C=C(\F)[S@@](=O)c1ccc(C)cc1. The van der Waals surface area contributed by atoms with Gasteiger partial charge in [-0.1, -0.05) is 29.8 Å². The summed E-state index contributed by atoms with van der Waals surface area (Å²) in [6.07, 6.45) is 4.43. The normalized spacial score (nSPS) is 14.5. The van der Waals surface area contributed by atoms with Crippen molar-refractivity contribution in [2.75, 3.05) is 0 Å². The second-order valence-corrected chi connectivity index (χ2v) is 4.48. The van der Waals surface area contributed by atoms with Gasteiger partial charge in [0.25, 0.3) is 0 Å². The van der Waals surface area contributed by atoms with E-state index in [1.54, 1.807) is 25.1 Å². The van der Waals surface area contributed by atoms with Crippen LogP contribution in [-0.4, -0.2) is 4.21 Å².